The third kappa shape index (κ3) is 1.86. The lowest BCUT2D eigenvalue weighted by Gasteiger charge is -1.92. The maximum absolute atomic E-state index is 10.7. The summed E-state index contributed by atoms with van der Waals surface area (Å²) in [5.74, 6) is 0.509. The number of anilines is 1. The first-order valence-corrected chi connectivity index (χ1v) is 5.75. The van der Waals surface area contributed by atoms with Crippen LogP contribution in [0.1, 0.15) is 0 Å². The highest BCUT2D eigenvalue weighted by Crippen LogP contribution is 2.28. The van der Waals surface area contributed by atoms with E-state index in [1.165, 1.54) is 11.3 Å². The summed E-state index contributed by atoms with van der Waals surface area (Å²) in [5.41, 5.74) is 6.64. The molecular weight excluding hydrogens is 254 g/mol. The highest BCUT2D eigenvalue weighted by molar-refractivity contribution is 7.22. The Kier molecular flexibility index (Phi) is 2.38. The molecule has 2 amide bonds. The van der Waals surface area contributed by atoms with Crippen molar-refractivity contribution >= 4 is 32.7 Å². The molecule has 9 heteroatoms. The van der Waals surface area contributed by atoms with E-state index < -0.39 is 6.03 Å². The van der Waals surface area contributed by atoms with Crippen LogP contribution in [-0.2, 0) is 0 Å². The van der Waals surface area contributed by atoms with Crippen LogP contribution < -0.4 is 11.1 Å². The molecule has 3 aromatic rings. The zero-order valence-electron chi connectivity index (χ0n) is 8.91. The van der Waals surface area contributed by atoms with Gasteiger partial charge in [0, 0.05) is 5.56 Å². The van der Waals surface area contributed by atoms with Crippen LogP contribution in [0.15, 0.2) is 18.2 Å². The molecule has 90 valence electrons. The molecule has 0 spiro atoms. The molecule has 0 saturated carbocycles. The normalized spacial score (nSPS) is 10.7. The number of nitrogens with two attached hydrogens (primary N) is 1. The fourth-order valence-corrected chi connectivity index (χ4v) is 2.41. The van der Waals surface area contributed by atoms with Crippen LogP contribution in [-0.4, -0.2) is 31.6 Å². The summed E-state index contributed by atoms with van der Waals surface area (Å²) < 4.78 is 0.904. The van der Waals surface area contributed by atoms with E-state index in [4.69, 9.17) is 5.73 Å². The number of urea groups is 1. The Bertz CT molecular complexity index is 705. The van der Waals surface area contributed by atoms with Crippen molar-refractivity contribution in [3.8, 4) is 11.4 Å². The Morgan fingerprint density at radius 1 is 1.44 bits per heavy atom. The summed E-state index contributed by atoms with van der Waals surface area (Å²) in [7, 11) is 0. The number of amides is 2. The maximum Gasteiger partial charge on any atom is 0.318 e. The third-order valence-corrected chi connectivity index (χ3v) is 3.16. The Hall–Kier alpha value is -2.55. The number of carbonyl (C=O) groups is 1. The third-order valence-electron chi connectivity index (χ3n) is 2.22. The second-order valence-electron chi connectivity index (χ2n) is 3.43. The standard InChI is InChI=1S/C9H7N7OS/c10-8(17)12-9-11-5-2-1-4(3-6(5)18-9)7-13-15-16-14-7/h1-3H,(H3,10,11,12,17)(H,13,14,15,16). The number of carbonyl (C=O) groups excluding carboxylic acids is 1. The van der Waals surface area contributed by atoms with Gasteiger partial charge in [-0.1, -0.05) is 11.3 Å². The van der Waals surface area contributed by atoms with Crippen LogP contribution in [0.2, 0.25) is 0 Å². The molecule has 0 aliphatic rings. The van der Waals surface area contributed by atoms with Gasteiger partial charge in [-0.05, 0) is 23.4 Å². The zero-order valence-corrected chi connectivity index (χ0v) is 9.73. The SMILES string of the molecule is NC(=O)Nc1nc2ccc(-c3nn[nH]n3)cc2s1. The van der Waals surface area contributed by atoms with Crippen LogP contribution in [0.3, 0.4) is 0 Å². The minimum atomic E-state index is -0.632. The molecule has 0 bridgehead atoms. The van der Waals surface area contributed by atoms with Gasteiger partial charge in [0.15, 0.2) is 5.13 Å². The van der Waals surface area contributed by atoms with Gasteiger partial charge in [0.05, 0.1) is 10.2 Å². The number of fused-ring (bicyclic) bond motifs is 1. The molecule has 8 nitrogen and oxygen atoms in total. The molecule has 2 heterocycles. The fraction of sp³-hybridized carbons (Fsp3) is 0. The number of nitrogens with one attached hydrogen (secondary N) is 2. The van der Waals surface area contributed by atoms with Gasteiger partial charge in [0.25, 0.3) is 0 Å². The van der Waals surface area contributed by atoms with Gasteiger partial charge in [-0.3, -0.25) is 5.32 Å². The molecule has 18 heavy (non-hydrogen) atoms. The lowest BCUT2D eigenvalue weighted by Crippen LogP contribution is -2.18. The number of aromatic nitrogens is 5. The van der Waals surface area contributed by atoms with E-state index in [1.807, 2.05) is 18.2 Å². The van der Waals surface area contributed by atoms with Crippen LogP contribution in [0.5, 0.6) is 0 Å². The van der Waals surface area contributed by atoms with Crippen molar-refractivity contribution in [2.45, 2.75) is 0 Å². The monoisotopic (exact) mass is 261 g/mol. The first kappa shape index (κ1) is 10.6. The minimum absolute atomic E-state index is 0.461. The van der Waals surface area contributed by atoms with E-state index >= 15 is 0 Å². The van der Waals surface area contributed by atoms with Crippen LogP contribution >= 0.6 is 11.3 Å². The lowest BCUT2D eigenvalue weighted by atomic mass is 10.2. The molecule has 3 rings (SSSR count). The Morgan fingerprint density at radius 2 is 2.33 bits per heavy atom. The highest BCUT2D eigenvalue weighted by atomic mass is 32.1. The van der Waals surface area contributed by atoms with Crippen molar-refractivity contribution < 1.29 is 4.79 Å². The van der Waals surface area contributed by atoms with Crippen molar-refractivity contribution in [3.63, 3.8) is 0 Å². The summed E-state index contributed by atoms with van der Waals surface area (Å²) in [6.45, 7) is 0. The molecule has 4 N–H and O–H groups in total. The van der Waals surface area contributed by atoms with Gasteiger partial charge in [0.1, 0.15) is 0 Å². The molecule has 0 saturated heterocycles. The molecule has 0 fully saturated rings. The average Bonchev–Trinajstić information content (AvgIpc) is 2.94. The number of benzene rings is 1. The molecule has 0 aliphatic heterocycles. The summed E-state index contributed by atoms with van der Waals surface area (Å²) in [5, 5.41) is 16.6. The van der Waals surface area contributed by atoms with E-state index in [1.54, 1.807) is 0 Å². The topological polar surface area (TPSA) is 122 Å². The van der Waals surface area contributed by atoms with Gasteiger partial charge in [0.2, 0.25) is 5.82 Å². The Labute approximate surface area is 104 Å². The fourth-order valence-electron chi connectivity index (χ4n) is 1.51. The van der Waals surface area contributed by atoms with Gasteiger partial charge in [-0.15, -0.1) is 10.2 Å². The molecule has 0 radical (unpaired) electrons. The molecule has 0 atom stereocenters. The molecule has 1 aromatic carbocycles. The van der Waals surface area contributed by atoms with Gasteiger partial charge in [-0.25, -0.2) is 9.78 Å². The van der Waals surface area contributed by atoms with Crippen molar-refractivity contribution in [1.29, 1.82) is 0 Å². The van der Waals surface area contributed by atoms with E-state index in [0.717, 1.165) is 15.8 Å². The minimum Gasteiger partial charge on any atom is -0.351 e. The van der Waals surface area contributed by atoms with E-state index in [0.29, 0.717) is 11.0 Å². The molecule has 0 unspecified atom stereocenters. The second-order valence-corrected chi connectivity index (χ2v) is 4.46. The summed E-state index contributed by atoms with van der Waals surface area (Å²) >= 11 is 1.33. The van der Waals surface area contributed by atoms with Gasteiger partial charge < -0.3 is 5.73 Å². The van der Waals surface area contributed by atoms with Crippen LogP contribution in [0.4, 0.5) is 9.93 Å². The second kappa shape index (κ2) is 4.04. The summed E-state index contributed by atoms with van der Waals surface area (Å²) in [6, 6.07) is 4.90. The number of hydrogen-bond donors (Lipinski definition) is 3. The van der Waals surface area contributed by atoms with Crippen LogP contribution in [0, 0.1) is 0 Å². The Balaban J connectivity index is 2.04. The van der Waals surface area contributed by atoms with Crippen molar-refractivity contribution in [3.05, 3.63) is 18.2 Å². The van der Waals surface area contributed by atoms with E-state index in [9.17, 15) is 4.79 Å². The zero-order chi connectivity index (χ0) is 12.5. The molecule has 2 aromatic heterocycles. The summed E-state index contributed by atoms with van der Waals surface area (Å²) in [4.78, 5) is 15.0. The number of hydrogen-bond acceptors (Lipinski definition) is 6. The summed E-state index contributed by atoms with van der Waals surface area (Å²) in [6.07, 6.45) is 0. The Morgan fingerprint density at radius 3 is 3.06 bits per heavy atom. The van der Waals surface area contributed by atoms with Crippen molar-refractivity contribution in [2.24, 2.45) is 5.73 Å². The average molecular weight is 261 g/mol. The predicted octanol–water partition coefficient (Wildman–Crippen LogP) is 0.967. The quantitative estimate of drug-likeness (QED) is 0.634. The molecular formula is C9H7N7OS. The number of thiazole rings is 1. The maximum atomic E-state index is 10.7. The number of tetrazole rings is 1. The van der Waals surface area contributed by atoms with Crippen molar-refractivity contribution in [1.82, 2.24) is 25.6 Å². The number of primary amides is 1. The number of rotatable bonds is 2. The first-order valence-electron chi connectivity index (χ1n) is 4.93. The number of aromatic amines is 1. The predicted molar refractivity (Wildman–Crippen MR) is 66.0 cm³/mol. The number of H-pyrrole nitrogens is 1. The first-order chi connectivity index (χ1) is 8.72. The number of nitrogens with zero attached hydrogens (tertiary/aromatic N) is 4. The highest BCUT2D eigenvalue weighted by Gasteiger charge is 2.08. The van der Waals surface area contributed by atoms with Gasteiger partial charge in [-0.2, -0.15) is 5.21 Å². The lowest BCUT2D eigenvalue weighted by molar-refractivity contribution is 0.259. The molecule has 0 aliphatic carbocycles. The van der Waals surface area contributed by atoms with E-state index in [-0.39, 0.29) is 0 Å². The van der Waals surface area contributed by atoms with Crippen LogP contribution in [0.25, 0.3) is 21.6 Å². The largest absolute Gasteiger partial charge is 0.351 e. The van der Waals surface area contributed by atoms with E-state index in [2.05, 4.69) is 30.9 Å². The van der Waals surface area contributed by atoms with Crippen molar-refractivity contribution in [2.75, 3.05) is 5.32 Å². The van der Waals surface area contributed by atoms with Gasteiger partial charge >= 0.3 is 6.03 Å². The smallest absolute Gasteiger partial charge is 0.318 e.